The quantitative estimate of drug-likeness (QED) is 0.904. The molecule has 0 aliphatic carbocycles. The summed E-state index contributed by atoms with van der Waals surface area (Å²) in [6.07, 6.45) is 0. The topological polar surface area (TPSA) is 84.8 Å². The van der Waals surface area contributed by atoms with E-state index in [0.717, 1.165) is 23.6 Å². The zero-order valence-electron chi connectivity index (χ0n) is 12.2. The first-order chi connectivity index (χ1) is 10.2. The lowest BCUT2D eigenvalue weighted by atomic mass is 10.2. The Labute approximate surface area is 122 Å². The van der Waals surface area contributed by atoms with Crippen LogP contribution in [0.4, 0.5) is 0 Å². The van der Waals surface area contributed by atoms with Gasteiger partial charge < -0.3 is 18.7 Å². The molecular weight excluding hydrogens is 274 g/mol. The van der Waals surface area contributed by atoms with Gasteiger partial charge in [-0.25, -0.2) is 0 Å². The summed E-state index contributed by atoms with van der Waals surface area (Å²) in [5.74, 6) is 2.58. The number of hydrogen-bond donors (Lipinski definition) is 1. The molecule has 2 aromatic rings. The van der Waals surface area contributed by atoms with E-state index in [4.69, 9.17) is 13.6 Å². The standard InChI is InChI=1S/C14H19N3O4/c1-9-5-12(10(2)20-9)14-16-15-13(21-14)6-17-3-4-19-8-11(17)7-18/h5,11,18H,3-4,6-8H2,1-2H3. The molecule has 1 fully saturated rings. The fourth-order valence-electron chi connectivity index (χ4n) is 2.51. The Kier molecular flexibility index (Phi) is 4.05. The van der Waals surface area contributed by atoms with Crippen molar-refractivity contribution >= 4 is 0 Å². The second kappa shape index (κ2) is 5.97. The molecule has 1 unspecified atom stereocenters. The Hall–Kier alpha value is -1.70. The number of hydrogen-bond acceptors (Lipinski definition) is 7. The van der Waals surface area contributed by atoms with Gasteiger partial charge in [-0.15, -0.1) is 10.2 Å². The van der Waals surface area contributed by atoms with Crippen molar-refractivity contribution in [1.82, 2.24) is 15.1 Å². The Morgan fingerprint density at radius 2 is 2.19 bits per heavy atom. The van der Waals surface area contributed by atoms with Gasteiger partial charge >= 0.3 is 0 Å². The lowest BCUT2D eigenvalue weighted by Gasteiger charge is -2.33. The van der Waals surface area contributed by atoms with Gasteiger partial charge in [0, 0.05) is 6.54 Å². The average Bonchev–Trinajstić information content (AvgIpc) is 3.06. The Balaban J connectivity index is 1.74. The number of ether oxygens (including phenoxy) is 1. The fraction of sp³-hybridized carbons (Fsp3) is 0.571. The first-order valence-electron chi connectivity index (χ1n) is 7.00. The third-order valence-corrected chi connectivity index (χ3v) is 3.64. The number of furan rings is 1. The maximum atomic E-state index is 9.36. The summed E-state index contributed by atoms with van der Waals surface area (Å²) in [6, 6.07) is 1.87. The monoisotopic (exact) mass is 293 g/mol. The second-order valence-electron chi connectivity index (χ2n) is 5.21. The predicted molar refractivity (Wildman–Crippen MR) is 73.6 cm³/mol. The van der Waals surface area contributed by atoms with Crippen molar-refractivity contribution in [2.24, 2.45) is 0 Å². The molecule has 3 rings (SSSR count). The lowest BCUT2D eigenvalue weighted by Crippen LogP contribution is -2.46. The molecule has 0 radical (unpaired) electrons. The molecule has 1 N–H and O–H groups in total. The van der Waals surface area contributed by atoms with Gasteiger partial charge in [-0.3, -0.25) is 4.90 Å². The van der Waals surface area contributed by atoms with Crippen molar-refractivity contribution in [2.45, 2.75) is 26.4 Å². The van der Waals surface area contributed by atoms with Crippen molar-refractivity contribution in [1.29, 1.82) is 0 Å². The lowest BCUT2D eigenvalue weighted by molar-refractivity contribution is -0.0342. The van der Waals surface area contributed by atoms with Gasteiger partial charge in [-0.2, -0.15) is 0 Å². The second-order valence-corrected chi connectivity index (χ2v) is 5.21. The highest BCUT2D eigenvalue weighted by Crippen LogP contribution is 2.25. The minimum absolute atomic E-state index is 0.0213. The molecule has 1 saturated heterocycles. The van der Waals surface area contributed by atoms with Crippen LogP contribution in [0.25, 0.3) is 11.5 Å². The Morgan fingerprint density at radius 3 is 2.90 bits per heavy atom. The minimum Gasteiger partial charge on any atom is -0.466 e. The normalized spacial score (nSPS) is 20.0. The first kappa shape index (κ1) is 14.2. The highest BCUT2D eigenvalue weighted by Gasteiger charge is 2.24. The van der Waals surface area contributed by atoms with Gasteiger partial charge in [0.15, 0.2) is 0 Å². The number of morpholine rings is 1. The van der Waals surface area contributed by atoms with Crippen molar-refractivity contribution in [3.63, 3.8) is 0 Å². The smallest absolute Gasteiger partial charge is 0.251 e. The van der Waals surface area contributed by atoms with Gasteiger partial charge in [0.05, 0.1) is 38.0 Å². The van der Waals surface area contributed by atoms with Crippen LogP contribution in [0.1, 0.15) is 17.4 Å². The Bertz CT molecular complexity index is 607. The minimum atomic E-state index is -0.0213. The maximum absolute atomic E-state index is 9.36. The zero-order valence-corrected chi connectivity index (χ0v) is 12.2. The van der Waals surface area contributed by atoms with Crippen LogP contribution in [0.15, 0.2) is 14.9 Å². The fourth-order valence-corrected chi connectivity index (χ4v) is 2.51. The number of nitrogens with zero attached hydrogens (tertiary/aromatic N) is 3. The average molecular weight is 293 g/mol. The van der Waals surface area contributed by atoms with Crippen LogP contribution in [0, 0.1) is 13.8 Å². The molecule has 114 valence electrons. The van der Waals surface area contributed by atoms with Gasteiger partial charge in [-0.05, 0) is 19.9 Å². The van der Waals surface area contributed by atoms with Crippen LogP contribution in [-0.2, 0) is 11.3 Å². The first-order valence-corrected chi connectivity index (χ1v) is 7.00. The summed E-state index contributed by atoms with van der Waals surface area (Å²) in [4.78, 5) is 2.09. The summed E-state index contributed by atoms with van der Waals surface area (Å²) < 4.78 is 16.5. The summed E-state index contributed by atoms with van der Waals surface area (Å²) in [7, 11) is 0. The van der Waals surface area contributed by atoms with E-state index in [1.807, 2.05) is 19.9 Å². The van der Waals surface area contributed by atoms with E-state index < -0.39 is 0 Å². The van der Waals surface area contributed by atoms with E-state index in [1.54, 1.807) is 0 Å². The van der Waals surface area contributed by atoms with Crippen molar-refractivity contribution in [3.05, 3.63) is 23.5 Å². The van der Waals surface area contributed by atoms with E-state index in [2.05, 4.69) is 15.1 Å². The molecule has 0 aromatic carbocycles. The summed E-state index contributed by atoms with van der Waals surface area (Å²) in [6.45, 7) is 6.24. The third kappa shape index (κ3) is 2.99. The van der Waals surface area contributed by atoms with Gasteiger partial charge in [0.2, 0.25) is 5.89 Å². The SMILES string of the molecule is Cc1cc(-c2nnc(CN3CCOCC3CO)o2)c(C)o1. The molecule has 1 atom stereocenters. The third-order valence-electron chi connectivity index (χ3n) is 3.64. The van der Waals surface area contributed by atoms with E-state index in [1.165, 1.54) is 0 Å². The summed E-state index contributed by atoms with van der Waals surface area (Å²) in [5.41, 5.74) is 0.826. The number of aliphatic hydroxyl groups excluding tert-OH is 1. The van der Waals surface area contributed by atoms with Gasteiger partial charge in [-0.1, -0.05) is 0 Å². The molecule has 0 saturated carbocycles. The summed E-state index contributed by atoms with van der Waals surface area (Å²) in [5, 5.41) is 17.5. The highest BCUT2D eigenvalue weighted by atomic mass is 16.5. The van der Waals surface area contributed by atoms with E-state index in [9.17, 15) is 5.11 Å². The number of rotatable bonds is 4. The van der Waals surface area contributed by atoms with E-state index in [-0.39, 0.29) is 12.6 Å². The molecule has 1 aliphatic rings. The molecular formula is C14H19N3O4. The van der Waals surface area contributed by atoms with E-state index in [0.29, 0.717) is 31.5 Å². The van der Waals surface area contributed by atoms with Gasteiger partial charge in [0.1, 0.15) is 11.5 Å². The van der Waals surface area contributed by atoms with Crippen LogP contribution < -0.4 is 0 Å². The van der Waals surface area contributed by atoms with Crippen LogP contribution >= 0.6 is 0 Å². The molecule has 0 spiro atoms. The molecule has 0 amide bonds. The summed E-state index contributed by atoms with van der Waals surface area (Å²) >= 11 is 0. The van der Waals surface area contributed by atoms with Crippen LogP contribution in [0.3, 0.4) is 0 Å². The van der Waals surface area contributed by atoms with Crippen molar-refractivity contribution < 1.29 is 18.7 Å². The van der Waals surface area contributed by atoms with Crippen molar-refractivity contribution in [2.75, 3.05) is 26.4 Å². The number of aliphatic hydroxyl groups is 1. The molecule has 1 aliphatic heterocycles. The predicted octanol–water partition coefficient (Wildman–Crippen LogP) is 1.14. The highest BCUT2D eigenvalue weighted by molar-refractivity contribution is 5.55. The maximum Gasteiger partial charge on any atom is 0.251 e. The molecule has 7 heteroatoms. The molecule has 2 aromatic heterocycles. The van der Waals surface area contributed by atoms with E-state index >= 15 is 0 Å². The van der Waals surface area contributed by atoms with Crippen molar-refractivity contribution in [3.8, 4) is 11.5 Å². The van der Waals surface area contributed by atoms with Crippen LogP contribution in [0.2, 0.25) is 0 Å². The largest absolute Gasteiger partial charge is 0.466 e. The molecule has 7 nitrogen and oxygen atoms in total. The zero-order chi connectivity index (χ0) is 14.8. The molecule has 3 heterocycles. The van der Waals surface area contributed by atoms with Crippen LogP contribution in [0.5, 0.6) is 0 Å². The Morgan fingerprint density at radius 1 is 1.33 bits per heavy atom. The number of aromatic nitrogens is 2. The molecule has 0 bridgehead atoms. The van der Waals surface area contributed by atoms with Gasteiger partial charge in [0.25, 0.3) is 5.89 Å². The number of aryl methyl sites for hydroxylation is 2. The van der Waals surface area contributed by atoms with Crippen LogP contribution in [-0.4, -0.2) is 52.6 Å². The molecule has 21 heavy (non-hydrogen) atoms.